The predicted octanol–water partition coefficient (Wildman–Crippen LogP) is 3.46. The van der Waals surface area contributed by atoms with Gasteiger partial charge in [0.25, 0.3) is 0 Å². The molecule has 4 rings (SSSR count). The van der Waals surface area contributed by atoms with E-state index >= 15 is 0 Å². The molecule has 1 heterocycles. The minimum atomic E-state index is -4.59. The highest BCUT2D eigenvalue weighted by Gasteiger charge is 2.27. The Morgan fingerprint density at radius 2 is 1.29 bits per heavy atom. The number of primary sulfonamides is 2. The van der Waals surface area contributed by atoms with Crippen molar-refractivity contribution >= 4 is 30.9 Å². The van der Waals surface area contributed by atoms with Crippen LogP contribution in [0.2, 0.25) is 0 Å². The molecule has 1 aromatic heterocycles. The third-order valence-corrected chi connectivity index (χ3v) is 7.58. The number of nitrogens with two attached hydrogens (primary N) is 2. The van der Waals surface area contributed by atoms with E-state index in [1.54, 1.807) is 6.07 Å². The van der Waals surface area contributed by atoms with Crippen LogP contribution in [0, 0.1) is 25.5 Å². The molecule has 0 aliphatic heterocycles. The van der Waals surface area contributed by atoms with Gasteiger partial charge < -0.3 is 5.11 Å². The molecule has 0 saturated carbocycles. The van der Waals surface area contributed by atoms with Gasteiger partial charge in [0.15, 0.2) is 5.75 Å². The van der Waals surface area contributed by atoms with Crippen molar-refractivity contribution in [3.63, 3.8) is 0 Å². The van der Waals surface area contributed by atoms with Crippen molar-refractivity contribution in [1.29, 1.82) is 0 Å². The number of halogens is 2. The Balaban J connectivity index is 2.30. The summed E-state index contributed by atoms with van der Waals surface area (Å²) < 4.78 is 77.8. The number of phenols is 1. The van der Waals surface area contributed by atoms with Crippen LogP contribution in [0.3, 0.4) is 0 Å². The van der Waals surface area contributed by atoms with Gasteiger partial charge in [-0.25, -0.2) is 40.9 Å². The standard InChI is InChI=1S/C23H19F2N3O5S2/c1-11-13(5-3-7-17(11)24)15-9-16-19(34(26,30)31)10-20(35(27,32)33)23(29)22(16)28-21(15)14-6-4-8-18(25)12(14)2/h3-10,29H,1-2H3,(H2,26,30,31)(H2,27,32,33). The van der Waals surface area contributed by atoms with Gasteiger partial charge >= 0.3 is 0 Å². The molecule has 0 aliphatic rings. The molecule has 8 nitrogen and oxygen atoms in total. The minimum Gasteiger partial charge on any atom is -0.504 e. The molecule has 0 saturated heterocycles. The second-order valence-corrected chi connectivity index (χ2v) is 11.0. The highest BCUT2D eigenvalue weighted by molar-refractivity contribution is 7.90. The largest absolute Gasteiger partial charge is 0.504 e. The number of fused-ring (bicyclic) bond motifs is 1. The van der Waals surface area contributed by atoms with Gasteiger partial charge in [-0.1, -0.05) is 24.3 Å². The highest BCUT2D eigenvalue weighted by Crippen LogP contribution is 2.42. The molecule has 0 atom stereocenters. The summed E-state index contributed by atoms with van der Waals surface area (Å²) in [4.78, 5) is 2.79. The number of pyridine rings is 1. The van der Waals surface area contributed by atoms with Crippen LogP contribution in [0.5, 0.6) is 5.75 Å². The number of benzene rings is 3. The van der Waals surface area contributed by atoms with E-state index in [4.69, 9.17) is 10.3 Å². The Kier molecular flexibility index (Phi) is 5.88. The molecule has 4 aromatic rings. The predicted molar refractivity (Wildman–Crippen MR) is 126 cm³/mol. The number of nitrogens with zero attached hydrogens (tertiary/aromatic N) is 1. The molecule has 35 heavy (non-hydrogen) atoms. The van der Waals surface area contributed by atoms with Crippen molar-refractivity contribution in [2.24, 2.45) is 10.3 Å². The van der Waals surface area contributed by atoms with Crippen molar-refractivity contribution < 1.29 is 30.7 Å². The molecule has 3 aromatic carbocycles. The van der Waals surface area contributed by atoms with Gasteiger partial charge in [0.1, 0.15) is 22.0 Å². The van der Waals surface area contributed by atoms with Crippen LogP contribution in [-0.4, -0.2) is 26.9 Å². The van der Waals surface area contributed by atoms with Gasteiger partial charge in [-0.15, -0.1) is 0 Å². The van der Waals surface area contributed by atoms with Gasteiger partial charge in [0.05, 0.1) is 10.6 Å². The van der Waals surface area contributed by atoms with Crippen molar-refractivity contribution in [3.8, 4) is 28.1 Å². The zero-order valence-electron chi connectivity index (χ0n) is 18.4. The normalized spacial score (nSPS) is 12.3. The second kappa shape index (κ2) is 8.34. The molecule has 0 fully saturated rings. The van der Waals surface area contributed by atoms with Crippen LogP contribution < -0.4 is 10.3 Å². The highest BCUT2D eigenvalue weighted by atomic mass is 32.2. The second-order valence-electron chi connectivity index (χ2n) is 7.92. The van der Waals surface area contributed by atoms with E-state index in [1.807, 2.05) is 0 Å². The quantitative estimate of drug-likeness (QED) is 0.375. The van der Waals surface area contributed by atoms with Crippen LogP contribution in [-0.2, 0) is 20.0 Å². The summed E-state index contributed by atoms with van der Waals surface area (Å²) in [5.74, 6) is -2.03. The van der Waals surface area contributed by atoms with Gasteiger partial charge in [0.2, 0.25) is 20.0 Å². The first kappa shape index (κ1) is 24.7. The summed E-state index contributed by atoms with van der Waals surface area (Å²) >= 11 is 0. The van der Waals surface area contributed by atoms with Gasteiger partial charge in [-0.2, -0.15) is 0 Å². The summed E-state index contributed by atoms with van der Waals surface area (Å²) in [6.45, 7) is 2.98. The molecule has 12 heteroatoms. The van der Waals surface area contributed by atoms with Crippen molar-refractivity contribution in [1.82, 2.24) is 4.98 Å². The average Bonchev–Trinajstić information content (AvgIpc) is 2.75. The lowest BCUT2D eigenvalue weighted by atomic mass is 9.92. The smallest absolute Gasteiger partial charge is 0.241 e. The van der Waals surface area contributed by atoms with Gasteiger partial charge in [-0.05, 0) is 54.8 Å². The van der Waals surface area contributed by atoms with E-state index in [0.717, 1.165) is 0 Å². The molecular formula is C23H19F2N3O5S2. The lowest BCUT2D eigenvalue weighted by molar-refractivity contribution is 0.463. The number of rotatable bonds is 4. The number of sulfonamides is 2. The summed E-state index contributed by atoms with van der Waals surface area (Å²) in [6, 6.07) is 10.3. The lowest BCUT2D eigenvalue weighted by Gasteiger charge is -2.18. The van der Waals surface area contributed by atoms with Crippen LogP contribution in [0.15, 0.2) is 58.3 Å². The van der Waals surface area contributed by atoms with Crippen LogP contribution in [0.1, 0.15) is 11.1 Å². The van der Waals surface area contributed by atoms with Crippen LogP contribution >= 0.6 is 0 Å². The molecule has 0 bridgehead atoms. The Morgan fingerprint density at radius 1 is 0.771 bits per heavy atom. The molecule has 0 spiro atoms. The van der Waals surface area contributed by atoms with Gasteiger partial charge in [0, 0.05) is 16.5 Å². The van der Waals surface area contributed by atoms with E-state index in [0.29, 0.717) is 11.6 Å². The molecule has 5 N–H and O–H groups in total. The average molecular weight is 520 g/mol. The topological polar surface area (TPSA) is 153 Å². The number of phenolic OH excluding ortho intramolecular Hbond substituents is 1. The first-order valence-corrected chi connectivity index (χ1v) is 13.1. The maximum absolute atomic E-state index is 14.5. The fourth-order valence-electron chi connectivity index (χ4n) is 3.89. The number of aromatic nitrogens is 1. The van der Waals surface area contributed by atoms with E-state index in [-0.39, 0.29) is 33.3 Å². The molecule has 0 aliphatic carbocycles. The van der Waals surface area contributed by atoms with Gasteiger partial charge in [-0.3, -0.25) is 0 Å². The van der Waals surface area contributed by atoms with E-state index in [2.05, 4.69) is 4.98 Å². The number of hydrogen-bond donors (Lipinski definition) is 3. The Labute approximate surface area is 200 Å². The lowest BCUT2D eigenvalue weighted by Crippen LogP contribution is -2.17. The van der Waals surface area contributed by atoms with E-state index < -0.39 is 52.7 Å². The van der Waals surface area contributed by atoms with Crippen molar-refractivity contribution in [2.45, 2.75) is 23.6 Å². The van der Waals surface area contributed by atoms with Crippen molar-refractivity contribution in [2.75, 3.05) is 0 Å². The zero-order valence-corrected chi connectivity index (χ0v) is 20.0. The molecule has 0 unspecified atom stereocenters. The third-order valence-electron chi connectivity index (χ3n) is 5.70. The van der Waals surface area contributed by atoms with Crippen LogP contribution in [0.25, 0.3) is 33.3 Å². The monoisotopic (exact) mass is 519 g/mol. The summed E-state index contributed by atoms with van der Waals surface area (Å²) in [7, 11) is -9.14. The molecular weight excluding hydrogens is 500 g/mol. The molecule has 0 amide bonds. The molecule has 0 radical (unpaired) electrons. The fraction of sp³-hybridized carbons (Fsp3) is 0.0870. The summed E-state index contributed by atoms with van der Waals surface area (Å²) in [5.41, 5.74) is 0.741. The molecule has 182 valence electrons. The fourth-order valence-corrected chi connectivity index (χ4v) is 5.36. The minimum absolute atomic E-state index is 0.0467. The van der Waals surface area contributed by atoms with Crippen LogP contribution in [0.4, 0.5) is 8.78 Å². The zero-order chi connectivity index (χ0) is 25.9. The first-order chi connectivity index (χ1) is 16.2. The first-order valence-electron chi connectivity index (χ1n) is 9.99. The number of hydrogen-bond acceptors (Lipinski definition) is 6. The number of aromatic hydroxyl groups is 1. The summed E-state index contributed by atoms with van der Waals surface area (Å²) in [5, 5.41) is 21.0. The SMILES string of the molecule is Cc1c(F)cccc1-c1cc2c(S(N)(=O)=O)cc(S(N)(=O)=O)c(O)c2nc1-c1cccc(F)c1C. The Morgan fingerprint density at radius 3 is 1.83 bits per heavy atom. The maximum Gasteiger partial charge on any atom is 0.241 e. The van der Waals surface area contributed by atoms with Crippen molar-refractivity contribution in [3.05, 3.63) is 71.3 Å². The Bertz CT molecular complexity index is 1760. The third kappa shape index (κ3) is 4.25. The Hall–Kier alpha value is -3.45. The summed E-state index contributed by atoms with van der Waals surface area (Å²) in [6.07, 6.45) is 0. The van der Waals surface area contributed by atoms with E-state index in [1.165, 1.54) is 50.2 Å². The maximum atomic E-state index is 14.5. The van der Waals surface area contributed by atoms with E-state index in [9.17, 15) is 30.7 Å².